The number of aryl methyl sites for hydroxylation is 1. The quantitative estimate of drug-likeness (QED) is 0.548. The summed E-state index contributed by atoms with van der Waals surface area (Å²) in [6, 6.07) is 2.07. The lowest BCUT2D eigenvalue weighted by Crippen LogP contribution is -1.76. The zero-order valence-electron chi connectivity index (χ0n) is 6.50. The predicted molar refractivity (Wildman–Crippen MR) is 45.3 cm³/mol. The Balaban J connectivity index is 2.51. The molecular formula is C10H10O. The Morgan fingerprint density at radius 2 is 2.27 bits per heavy atom. The van der Waals surface area contributed by atoms with Gasteiger partial charge in [0.15, 0.2) is 0 Å². The number of hydrogen-bond acceptors (Lipinski definition) is 1. The van der Waals surface area contributed by atoms with Crippen molar-refractivity contribution in [1.82, 2.24) is 0 Å². The summed E-state index contributed by atoms with van der Waals surface area (Å²) >= 11 is 0. The van der Waals surface area contributed by atoms with Gasteiger partial charge in [-0.05, 0) is 13.0 Å². The van der Waals surface area contributed by atoms with Gasteiger partial charge in [0, 0.05) is 12.0 Å². The van der Waals surface area contributed by atoms with Gasteiger partial charge < -0.3 is 4.42 Å². The lowest BCUT2D eigenvalue weighted by Gasteiger charge is -1.88. The highest BCUT2D eigenvalue weighted by Crippen LogP contribution is 2.19. The lowest BCUT2D eigenvalue weighted by molar-refractivity contribution is 0.494. The first-order valence-corrected chi connectivity index (χ1v) is 3.79. The van der Waals surface area contributed by atoms with E-state index in [4.69, 9.17) is 4.42 Å². The Bertz CT molecular complexity index is 316. The number of allylic oxidation sites excluding steroid dienone is 3. The van der Waals surface area contributed by atoms with Gasteiger partial charge in [0.2, 0.25) is 0 Å². The molecule has 11 heavy (non-hydrogen) atoms. The smallest absolute Gasteiger partial charge is 0.115 e. The van der Waals surface area contributed by atoms with Crippen molar-refractivity contribution in [1.29, 1.82) is 0 Å². The van der Waals surface area contributed by atoms with Crippen LogP contribution >= 0.6 is 0 Å². The first kappa shape index (κ1) is 6.47. The van der Waals surface area contributed by atoms with Crippen LogP contribution in [0.1, 0.15) is 17.1 Å². The molecule has 1 aliphatic rings. The van der Waals surface area contributed by atoms with Crippen molar-refractivity contribution < 1.29 is 4.42 Å². The molecule has 0 bridgehead atoms. The van der Waals surface area contributed by atoms with Gasteiger partial charge >= 0.3 is 0 Å². The van der Waals surface area contributed by atoms with E-state index in [2.05, 4.69) is 18.2 Å². The molecular weight excluding hydrogens is 136 g/mol. The molecule has 1 aromatic heterocycles. The van der Waals surface area contributed by atoms with Gasteiger partial charge in [-0.1, -0.05) is 24.3 Å². The Morgan fingerprint density at radius 1 is 1.36 bits per heavy atom. The summed E-state index contributed by atoms with van der Waals surface area (Å²) < 4.78 is 5.48. The SMILES string of the molecule is Cc1cc2c(o1)CC=CC=C2. The second-order valence-electron chi connectivity index (χ2n) is 2.73. The zero-order valence-corrected chi connectivity index (χ0v) is 6.50. The van der Waals surface area contributed by atoms with E-state index >= 15 is 0 Å². The van der Waals surface area contributed by atoms with Crippen LogP contribution in [0.25, 0.3) is 6.08 Å². The highest BCUT2D eigenvalue weighted by molar-refractivity contribution is 5.55. The fourth-order valence-corrected chi connectivity index (χ4v) is 1.30. The number of fused-ring (bicyclic) bond motifs is 1. The van der Waals surface area contributed by atoms with Gasteiger partial charge in [-0.2, -0.15) is 0 Å². The molecule has 0 amide bonds. The standard InChI is InChI=1S/C10H10O/c1-8-7-9-5-3-2-4-6-10(9)11-8/h2-5,7H,6H2,1H3. The van der Waals surface area contributed by atoms with E-state index in [9.17, 15) is 0 Å². The molecule has 0 spiro atoms. The molecule has 0 fully saturated rings. The van der Waals surface area contributed by atoms with Crippen LogP contribution in [-0.2, 0) is 6.42 Å². The van der Waals surface area contributed by atoms with Gasteiger partial charge in [0.1, 0.15) is 11.5 Å². The molecule has 1 nitrogen and oxygen atoms in total. The maximum absolute atomic E-state index is 5.48. The van der Waals surface area contributed by atoms with Crippen LogP contribution in [0, 0.1) is 6.92 Å². The van der Waals surface area contributed by atoms with E-state index in [0.717, 1.165) is 17.9 Å². The lowest BCUT2D eigenvalue weighted by atomic mass is 10.2. The van der Waals surface area contributed by atoms with E-state index in [-0.39, 0.29) is 0 Å². The molecule has 0 radical (unpaired) electrons. The minimum atomic E-state index is 0.913. The van der Waals surface area contributed by atoms with E-state index < -0.39 is 0 Å². The highest BCUT2D eigenvalue weighted by atomic mass is 16.3. The minimum absolute atomic E-state index is 0.913. The molecule has 1 heterocycles. The molecule has 0 aliphatic heterocycles. The third kappa shape index (κ3) is 1.14. The molecule has 0 unspecified atom stereocenters. The summed E-state index contributed by atoms with van der Waals surface area (Å²) in [5.41, 5.74) is 1.22. The number of hydrogen-bond donors (Lipinski definition) is 0. The second kappa shape index (κ2) is 2.42. The Kier molecular flexibility index (Phi) is 1.42. The number of furan rings is 1. The van der Waals surface area contributed by atoms with Gasteiger partial charge in [-0.25, -0.2) is 0 Å². The maximum Gasteiger partial charge on any atom is 0.115 e. The van der Waals surface area contributed by atoms with Crippen molar-refractivity contribution in [2.24, 2.45) is 0 Å². The highest BCUT2D eigenvalue weighted by Gasteiger charge is 2.05. The summed E-state index contributed by atoms with van der Waals surface area (Å²) in [5.74, 6) is 2.07. The Morgan fingerprint density at radius 3 is 3.18 bits per heavy atom. The monoisotopic (exact) mass is 146 g/mol. The summed E-state index contributed by atoms with van der Waals surface area (Å²) in [4.78, 5) is 0. The van der Waals surface area contributed by atoms with E-state index in [1.165, 1.54) is 5.56 Å². The van der Waals surface area contributed by atoms with E-state index in [1.54, 1.807) is 0 Å². The Hall–Kier alpha value is -1.24. The first-order chi connectivity index (χ1) is 5.36. The van der Waals surface area contributed by atoms with Gasteiger partial charge in [-0.3, -0.25) is 0 Å². The number of rotatable bonds is 0. The summed E-state index contributed by atoms with van der Waals surface area (Å²) in [6.07, 6.45) is 9.18. The average Bonchev–Trinajstić information content (AvgIpc) is 2.17. The first-order valence-electron chi connectivity index (χ1n) is 3.79. The van der Waals surface area contributed by atoms with Crippen LogP contribution < -0.4 is 0 Å². The van der Waals surface area contributed by atoms with E-state index in [0.29, 0.717) is 0 Å². The molecule has 0 saturated carbocycles. The van der Waals surface area contributed by atoms with Crippen molar-refractivity contribution in [3.8, 4) is 0 Å². The molecule has 56 valence electrons. The molecule has 0 atom stereocenters. The minimum Gasteiger partial charge on any atom is -0.465 e. The van der Waals surface area contributed by atoms with Crippen molar-refractivity contribution in [3.05, 3.63) is 41.4 Å². The summed E-state index contributed by atoms with van der Waals surface area (Å²) in [7, 11) is 0. The molecule has 1 heteroatoms. The average molecular weight is 146 g/mol. The van der Waals surface area contributed by atoms with Gasteiger partial charge in [-0.15, -0.1) is 0 Å². The largest absolute Gasteiger partial charge is 0.465 e. The van der Waals surface area contributed by atoms with Gasteiger partial charge in [0.25, 0.3) is 0 Å². The van der Waals surface area contributed by atoms with Crippen molar-refractivity contribution >= 4 is 6.08 Å². The zero-order chi connectivity index (χ0) is 7.68. The molecule has 2 rings (SSSR count). The van der Waals surface area contributed by atoms with Crippen LogP contribution in [0.5, 0.6) is 0 Å². The Labute approximate surface area is 66.0 Å². The van der Waals surface area contributed by atoms with Crippen molar-refractivity contribution in [2.45, 2.75) is 13.3 Å². The topological polar surface area (TPSA) is 13.1 Å². The van der Waals surface area contributed by atoms with E-state index in [1.807, 2.05) is 19.1 Å². The van der Waals surface area contributed by atoms with Gasteiger partial charge in [0.05, 0.1) is 0 Å². The third-order valence-electron chi connectivity index (χ3n) is 1.79. The molecule has 0 saturated heterocycles. The van der Waals surface area contributed by atoms with Crippen LogP contribution in [0.4, 0.5) is 0 Å². The van der Waals surface area contributed by atoms with Crippen LogP contribution in [-0.4, -0.2) is 0 Å². The molecule has 0 aromatic carbocycles. The summed E-state index contributed by atoms with van der Waals surface area (Å²) in [5, 5.41) is 0. The van der Waals surface area contributed by atoms with Crippen molar-refractivity contribution in [2.75, 3.05) is 0 Å². The molecule has 0 N–H and O–H groups in total. The normalized spacial score (nSPS) is 14.6. The second-order valence-corrected chi connectivity index (χ2v) is 2.73. The predicted octanol–water partition coefficient (Wildman–Crippen LogP) is 2.71. The van der Waals surface area contributed by atoms with Crippen LogP contribution in [0.2, 0.25) is 0 Å². The molecule has 1 aliphatic carbocycles. The maximum atomic E-state index is 5.48. The fourth-order valence-electron chi connectivity index (χ4n) is 1.30. The fraction of sp³-hybridized carbons (Fsp3) is 0.200. The van der Waals surface area contributed by atoms with Crippen LogP contribution in [0.3, 0.4) is 0 Å². The van der Waals surface area contributed by atoms with Crippen LogP contribution in [0.15, 0.2) is 28.7 Å². The van der Waals surface area contributed by atoms with Crippen molar-refractivity contribution in [3.63, 3.8) is 0 Å². The third-order valence-corrected chi connectivity index (χ3v) is 1.79. The molecule has 1 aromatic rings. The summed E-state index contributed by atoms with van der Waals surface area (Å²) in [6.45, 7) is 1.98.